The van der Waals surface area contributed by atoms with Gasteiger partial charge in [-0.05, 0) is 19.4 Å². The van der Waals surface area contributed by atoms with Crippen LogP contribution in [-0.4, -0.2) is 22.7 Å². The Morgan fingerprint density at radius 3 is 2.62 bits per heavy atom. The Kier molecular flexibility index (Phi) is 5.76. The van der Waals surface area contributed by atoms with Crippen LogP contribution < -0.4 is 5.32 Å². The molecule has 0 aliphatic rings. The number of benzene rings is 2. The first-order valence-corrected chi connectivity index (χ1v) is 8.43. The SMILES string of the molecule is Cc1ccc(-c2noc(C(C)NC(=O)COCc3ccccc3)n2)cc1. The van der Waals surface area contributed by atoms with Gasteiger partial charge in [0.2, 0.25) is 17.6 Å². The zero-order valence-corrected chi connectivity index (χ0v) is 14.8. The molecular weight excluding hydrogens is 330 g/mol. The summed E-state index contributed by atoms with van der Waals surface area (Å²) in [5, 5.41) is 6.77. The normalized spacial score (nSPS) is 11.9. The van der Waals surface area contributed by atoms with E-state index in [4.69, 9.17) is 9.26 Å². The molecule has 0 aliphatic carbocycles. The molecule has 0 aliphatic heterocycles. The number of hydrogen-bond donors (Lipinski definition) is 1. The number of aryl methyl sites for hydroxylation is 1. The molecule has 1 unspecified atom stereocenters. The van der Waals surface area contributed by atoms with Crippen LogP contribution in [0.2, 0.25) is 0 Å². The summed E-state index contributed by atoms with van der Waals surface area (Å²) in [4.78, 5) is 16.4. The van der Waals surface area contributed by atoms with Gasteiger partial charge in [0.25, 0.3) is 0 Å². The molecule has 0 saturated heterocycles. The van der Waals surface area contributed by atoms with Crippen LogP contribution in [-0.2, 0) is 16.1 Å². The fourth-order valence-corrected chi connectivity index (χ4v) is 2.41. The maximum atomic E-state index is 12.0. The molecule has 6 heteroatoms. The monoisotopic (exact) mass is 351 g/mol. The Labute approximate surface area is 152 Å². The zero-order chi connectivity index (χ0) is 18.4. The van der Waals surface area contributed by atoms with Crippen molar-refractivity contribution in [2.75, 3.05) is 6.61 Å². The van der Waals surface area contributed by atoms with Gasteiger partial charge in [0, 0.05) is 5.56 Å². The summed E-state index contributed by atoms with van der Waals surface area (Å²) in [6, 6.07) is 17.2. The van der Waals surface area contributed by atoms with E-state index in [2.05, 4.69) is 15.5 Å². The topological polar surface area (TPSA) is 77.2 Å². The van der Waals surface area contributed by atoms with E-state index in [0.717, 1.165) is 16.7 Å². The lowest BCUT2D eigenvalue weighted by Gasteiger charge is -2.10. The quantitative estimate of drug-likeness (QED) is 0.705. The minimum Gasteiger partial charge on any atom is -0.367 e. The molecule has 2 aromatic carbocycles. The van der Waals surface area contributed by atoms with Crippen molar-refractivity contribution in [2.45, 2.75) is 26.5 Å². The van der Waals surface area contributed by atoms with Gasteiger partial charge in [-0.15, -0.1) is 0 Å². The lowest BCUT2D eigenvalue weighted by atomic mass is 10.1. The molecule has 0 bridgehead atoms. The van der Waals surface area contributed by atoms with Crippen molar-refractivity contribution in [3.63, 3.8) is 0 Å². The van der Waals surface area contributed by atoms with E-state index in [1.807, 2.05) is 61.5 Å². The average molecular weight is 351 g/mol. The fourth-order valence-electron chi connectivity index (χ4n) is 2.41. The van der Waals surface area contributed by atoms with Gasteiger partial charge >= 0.3 is 0 Å². The highest BCUT2D eigenvalue weighted by atomic mass is 16.5. The van der Waals surface area contributed by atoms with Gasteiger partial charge in [-0.25, -0.2) is 0 Å². The molecule has 0 radical (unpaired) electrons. The highest BCUT2D eigenvalue weighted by Gasteiger charge is 2.17. The molecule has 0 saturated carbocycles. The molecule has 1 heterocycles. The van der Waals surface area contributed by atoms with E-state index in [-0.39, 0.29) is 12.5 Å². The minimum atomic E-state index is -0.394. The van der Waals surface area contributed by atoms with Gasteiger partial charge < -0.3 is 14.6 Å². The van der Waals surface area contributed by atoms with Crippen LogP contribution in [0.1, 0.15) is 30.0 Å². The van der Waals surface area contributed by atoms with Crippen molar-refractivity contribution in [2.24, 2.45) is 0 Å². The van der Waals surface area contributed by atoms with Crippen molar-refractivity contribution >= 4 is 5.91 Å². The summed E-state index contributed by atoms with van der Waals surface area (Å²) < 4.78 is 10.7. The summed E-state index contributed by atoms with van der Waals surface area (Å²) >= 11 is 0. The molecule has 134 valence electrons. The van der Waals surface area contributed by atoms with Crippen molar-refractivity contribution in [3.8, 4) is 11.4 Å². The van der Waals surface area contributed by atoms with Crippen LogP contribution in [0.3, 0.4) is 0 Å². The highest BCUT2D eigenvalue weighted by Crippen LogP contribution is 2.19. The first kappa shape index (κ1) is 17.8. The number of aromatic nitrogens is 2. The van der Waals surface area contributed by atoms with Crippen molar-refractivity contribution in [3.05, 3.63) is 71.6 Å². The summed E-state index contributed by atoms with van der Waals surface area (Å²) in [7, 11) is 0. The molecule has 0 spiro atoms. The summed E-state index contributed by atoms with van der Waals surface area (Å²) in [6.45, 7) is 4.17. The summed E-state index contributed by atoms with van der Waals surface area (Å²) in [5.41, 5.74) is 3.05. The Bertz CT molecular complexity index is 844. The minimum absolute atomic E-state index is 0.0296. The molecule has 3 rings (SSSR count). The van der Waals surface area contributed by atoms with Crippen LogP contribution in [0.5, 0.6) is 0 Å². The number of hydrogen-bond acceptors (Lipinski definition) is 5. The smallest absolute Gasteiger partial charge is 0.249 e. The van der Waals surface area contributed by atoms with Crippen molar-refractivity contribution < 1.29 is 14.1 Å². The lowest BCUT2D eigenvalue weighted by molar-refractivity contribution is -0.126. The second kappa shape index (κ2) is 8.40. The molecule has 0 fully saturated rings. The van der Waals surface area contributed by atoms with E-state index in [0.29, 0.717) is 18.3 Å². The maximum absolute atomic E-state index is 12.0. The third kappa shape index (κ3) is 4.77. The van der Waals surface area contributed by atoms with Crippen molar-refractivity contribution in [1.82, 2.24) is 15.5 Å². The second-order valence-electron chi connectivity index (χ2n) is 6.09. The third-order valence-corrected chi connectivity index (χ3v) is 3.84. The Morgan fingerprint density at radius 1 is 1.15 bits per heavy atom. The average Bonchev–Trinajstić information content (AvgIpc) is 3.13. The maximum Gasteiger partial charge on any atom is 0.249 e. The second-order valence-corrected chi connectivity index (χ2v) is 6.09. The first-order chi connectivity index (χ1) is 12.6. The van der Waals surface area contributed by atoms with Crippen molar-refractivity contribution in [1.29, 1.82) is 0 Å². The zero-order valence-electron chi connectivity index (χ0n) is 14.8. The number of nitrogens with one attached hydrogen (secondary N) is 1. The van der Waals surface area contributed by atoms with Crippen LogP contribution in [0, 0.1) is 6.92 Å². The van der Waals surface area contributed by atoms with E-state index in [1.165, 1.54) is 0 Å². The van der Waals surface area contributed by atoms with Gasteiger partial charge in [0.1, 0.15) is 12.6 Å². The van der Waals surface area contributed by atoms with Gasteiger partial charge in [-0.2, -0.15) is 4.98 Å². The Balaban J connectivity index is 1.50. The lowest BCUT2D eigenvalue weighted by Crippen LogP contribution is -2.30. The highest BCUT2D eigenvalue weighted by molar-refractivity contribution is 5.77. The predicted octanol–water partition coefficient (Wildman–Crippen LogP) is 3.44. The Morgan fingerprint density at radius 2 is 1.88 bits per heavy atom. The summed E-state index contributed by atoms with van der Waals surface area (Å²) in [5.74, 6) is 0.627. The van der Waals surface area contributed by atoms with Gasteiger partial charge in [-0.1, -0.05) is 65.3 Å². The standard InChI is InChI=1S/C20H21N3O3/c1-14-8-10-17(11-9-14)19-22-20(26-23-19)15(2)21-18(24)13-25-12-16-6-4-3-5-7-16/h3-11,15H,12-13H2,1-2H3,(H,21,24). The fraction of sp³-hybridized carbons (Fsp3) is 0.250. The van der Waals surface area contributed by atoms with Gasteiger partial charge in [0.05, 0.1) is 6.61 Å². The number of ether oxygens (including phenoxy) is 1. The molecule has 1 atom stereocenters. The number of carbonyl (C=O) groups is 1. The number of rotatable bonds is 7. The summed E-state index contributed by atoms with van der Waals surface area (Å²) in [6.07, 6.45) is 0. The van der Waals surface area contributed by atoms with Crippen LogP contribution in [0.25, 0.3) is 11.4 Å². The Hall–Kier alpha value is -2.99. The van der Waals surface area contributed by atoms with Crippen LogP contribution >= 0.6 is 0 Å². The third-order valence-electron chi connectivity index (χ3n) is 3.84. The van der Waals surface area contributed by atoms with Crippen LogP contribution in [0.15, 0.2) is 59.1 Å². The molecular formula is C20H21N3O3. The van der Waals surface area contributed by atoms with E-state index in [1.54, 1.807) is 6.92 Å². The van der Waals surface area contributed by atoms with Gasteiger partial charge in [-0.3, -0.25) is 4.79 Å². The molecule has 1 aromatic heterocycles. The number of amides is 1. The predicted molar refractivity (Wildman–Crippen MR) is 97.1 cm³/mol. The first-order valence-electron chi connectivity index (χ1n) is 8.43. The van der Waals surface area contributed by atoms with Gasteiger partial charge in [0.15, 0.2) is 0 Å². The van der Waals surface area contributed by atoms with Crippen LogP contribution in [0.4, 0.5) is 0 Å². The molecule has 1 amide bonds. The molecule has 6 nitrogen and oxygen atoms in total. The van der Waals surface area contributed by atoms with E-state index >= 15 is 0 Å². The van der Waals surface area contributed by atoms with E-state index in [9.17, 15) is 4.79 Å². The molecule has 3 aromatic rings. The van der Waals surface area contributed by atoms with E-state index < -0.39 is 6.04 Å². The molecule has 26 heavy (non-hydrogen) atoms. The number of nitrogens with zero attached hydrogens (tertiary/aromatic N) is 2. The molecule has 1 N–H and O–H groups in total. The largest absolute Gasteiger partial charge is 0.367 e. The number of carbonyl (C=O) groups excluding carboxylic acids is 1.